The Kier molecular flexibility index (Phi) is 9.27. The Morgan fingerprint density at radius 3 is 2.57 bits per heavy atom. The van der Waals surface area contributed by atoms with Gasteiger partial charge in [-0.1, -0.05) is 30.6 Å². The molecule has 2 amide bonds. The number of aliphatic carboxylic acids is 1. The van der Waals surface area contributed by atoms with Gasteiger partial charge in [-0.15, -0.1) is 11.8 Å². The Bertz CT molecular complexity index is 686. The molecule has 0 radical (unpaired) electrons. The van der Waals surface area contributed by atoms with Crippen molar-refractivity contribution < 1.29 is 19.4 Å². The van der Waals surface area contributed by atoms with Crippen LogP contribution < -0.4 is 5.32 Å². The van der Waals surface area contributed by atoms with Gasteiger partial charge in [-0.05, 0) is 51.4 Å². The quantitative estimate of drug-likeness (QED) is 0.505. The SMILES string of the molecule is CCOCC1CCC(N(C(=O)Nc2ncc(SCC(=O)O)s2)C2CCCCC2)CC1. The molecule has 0 atom stereocenters. The van der Waals surface area contributed by atoms with Crippen molar-refractivity contribution in [3.8, 4) is 0 Å². The van der Waals surface area contributed by atoms with Crippen LogP contribution in [0.2, 0.25) is 0 Å². The summed E-state index contributed by atoms with van der Waals surface area (Å²) in [5, 5.41) is 12.4. The van der Waals surface area contributed by atoms with E-state index in [9.17, 15) is 9.59 Å². The smallest absolute Gasteiger partial charge is 0.324 e. The number of aromatic nitrogens is 1. The highest BCUT2D eigenvalue weighted by molar-refractivity contribution is 8.01. The largest absolute Gasteiger partial charge is 0.481 e. The molecular formula is C21H33N3O4S2. The zero-order valence-corrected chi connectivity index (χ0v) is 19.3. The van der Waals surface area contributed by atoms with E-state index in [1.165, 1.54) is 42.4 Å². The van der Waals surface area contributed by atoms with Gasteiger partial charge < -0.3 is 14.7 Å². The van der Waals surface area contributed by atoms with Crippen LogP contribution in [0.4, 0.5) is 9.93 Å². The molecule has 1 heterocycles. The molecule has 0 aliphatic heterocycles. The molecule has 0 bridgehead atoms. The van der Waals surface area contributed by atoms with E-state index >= 15 is 0 Å². The summed E-state index contributed by atoms with van der Waals surface area (Å²) in [4.78, 5) is 30.4. The van der Waals surface area contributed by atoms with Gasteiger partial charge in [0, 0.05) is 25.3 Å². The number of nitrogens with zero attached hydrogens (tertiary/aromatic N) is 2. The molecule has 1 aromatic rings. The number of carbonyl (C=O) groups excluding carboxylic acids is 1. The number of carboxylic acid groups (broad SMARTS) is 1. The van der Waals surface area contributed by atoms with Crippen molar-refractivity contribution >= 4 is 40.2 Å². The molecule has 0 aromatic carbocycles. The first kappa shape index (κ1) is 23.3. The fraction of sp³-hybridized carbons (Fsp3) is 0.762. The van der Waals surface area contributed by atoms with E-state index in [1.54, 1.807) is 6.20 Å². The van der Waals surface area contributed by atoms with Crippen LogP contribution in [0.15, 0.2) is 10.4 Å². The number of anilines is 1. The zero-order chi connectivity index (χ0) is 21.3. The van der Waals surface area contributed by atoms with Crippen LogP contribution in [0.5, 0.6) is 0 Å². The molecular weight excluding hydrogens is 422 g/mol. The van der Waals surface area contributed by atoms with E-state index in [0.717, 1.165) is 55.9 Å². The van der Waals surface area contributed by atoms with Crippen LogP contribution in [0, 0.1) is 5.92 Å². The maximum atomic E-state index is 13.3. The Balaban J connectivity index is 1.62. The number of thioether (sulfide) groups is 1. The van der Waals surface area contributed by atoms with E-state index in [0.29, 0.717) is 17.1 Å². The molecule has 168 valence electrons. The first-order valence-corrected chi connectivity index (χ1v) is 12.8. The Morgan fingerprint density at radius 1 is 1.20 bits per heavy atom. The van der Waals surface area contributed by atoms with Crippen LogP contribution in [0.1, 0.15) is 64.7 Å². The first-order chi connectivity index (χ1) is 14.6. The maximum Gasteiger partial charge on any atom is 0.324 e. The van der Waals surface area contributed by atoms with Gasteiger partial charge in [-0.2, -0.15) is 0 Å². The highest BCUT2D eigenvalue weighted by Crippen LogP contribution is 2.34. The van der Waals surface area contributed by atoms with Gasteiger partial charge in [0.25, 0.3) is 0 Å². The second-order valence-electron chi connectivity index (χ2n) is 8.13. The molecule has 2 N–H and O–H groups in total. The molecule has 1 aromatic heterocycles. The predicted octanol–water partition coefficient (Wildman–Crippen LogP) is 5.08. The van der Waals surface area contributed by atoms with E-state index in [2.05, 4.69) is 15.2 Å². The summed E-state index contributed by atoms with van der Waals surface area (Å²) in [5.41, 5.74) is 0. The van der Waals surface area contributed by atoms with Crippen molar-refractivity contribution in [2.45, 2.75) is 81.0 Å². The Hall–Kier alpha value is -1.32. The van der Waals surface area contributed by atoms with Gasteiger partial charge in [-0.3, -0.25) is 10.1 Å². The number of urea groups is 1. The minimum absolute atomic E-state index is 0.00519. The van der Waals surface area contributed by atoms with E-state index < -0.39 is 5.97 Å². The van der Waals surface area contributed by atoms with Gasteiger partial charge in [0.2, 0.25) is 0 Å². The monoisotopic (exact) mass is 455 g/mol. The highest BCUT2D eigenvalue weighted by Gasteiger charge is 2.34. The third-order valence-corrected chi connectivity index (χ3v) is 8.10. The van der Waals surface area contributed by atoms with Crippen LogP contribution in [0.25, 0.3) is 0 Å². The molecule has 9 heteroatoms. The number of carboxylic acids is 1. The first-order valence-electron chi connectivity index (χ1n) is 11.0. The van der Waals surface area contributed by atoms with Gasteiger partial charge in [-0.25, -0.2) is 9.78 Å². The Labute approximate surface area is 187 Å². The molecule has 7 nitrogen and oxygen atoms in total. The zero-order valence-electron chi connectivity index (χ0n) is 17.7. The van der Waals surface area contributed by atoms with Crippen molar-refractivity contribution in [3.63, 3.8) is 0 Å². The number of thiazole rings is 1. The van der Waals surface area contributed by atoms with Gasteiger partial charge in [0.05, 0.1) is 16.2 Å². The number of amides is 2. The summed E-state index contributed by atoms with van der Waals surface area (Å²) >= 11 is 2.56. The summed E-state index contributed by atoms with van der Waals surface area (Å²) in [6, 6.07) is 0.513. The highest BCUT2D eigenvalue weighted by atomic mass is 32.2. The fourth-order valence-corrected chi connectivity index (χ4v) is 6.12. The predicted molar refractivity (Wildman–Crippen MR) is 120 cm³/mol. The topological polar surface area (TPSA) is 91.8 Å². The number of hydrogen-bond acceptors (Lipinski definition) is 6. The number of carbonyl (C=O) groups is 2. The van der Waals surface area contributed by atoms with Crippen molar-refractivity contribution in [2.75, 3.05) is 24.3 Å². The maximum absolute atomic E-state index is 13.3. The van der Waals surface area contributed by atoms with Crippen LogP contribution >= 0.6 is 23.1 Å². The van der Waals surface area contributed by atoms with Gasteiger partial charge in [0.15, 0.2) is 5.13 Å². The van der Waals surface area contributed by atoms with E-state index in [-0.39, 0.29) is 17.8 Å². The van der Waals surface area contributed by atoms with Crippen LogP contribution in [-0.2, 0) is 9.53 Å². The van der Waals surface area contributed by atoms with Gasteiger partial charge in [0.1, 0.15) is 0 Å². The number of hydrogen-bond donors (Lipinski definition) is 2. The molecule has 0 spiro atoms. The molecule has 30 heavy (non-hydrogen) atoms. The van der Waals surface area contributed by atoms with Gasteiger partial charge >= 0.3 is 12.0 Å². The number of ether oxygens (including phenoxy) is 1. The van der Waals surface area contributed by atoms with E-state index in [1.807, 2.05) is 6.92 Å². The number of nitrogens with one attached hydrogen (secondary N) is 1. The van der Waals surface area contributed by atoms with Crippen molar-refractivity contribution in [3.05, 3.63) is 6.20 Å². The summed E-state index contributed by atoms with van der Waals surface area (Å²) in [5.74, 6) is -0.262. The summed E-state index contributed by atoms with van der Waals surface area (Å²) in [6.07, 6.45) is 11.7. The molecule has 2 aliphatic carbocycles. The second-order valence-corrected chi connectivity index (χ2v) is 10.4. The lowest BCUT2D eigenvalue weighted by Gasteiger charge is -2.42. The molecule has 2 saturated carbocycles. The molecule has 3 rings (SSSR count). The third-order valence-electron chi connectivity index (χ3n) is 6.01. The van der Waals surface area contributed by atoms with Crippen molar-refractivity contribution in [1.29, 1.82) is 0 Å². The lowest BCUT2D eigenvalue weighted by atomic mass is 9.84. The minimum atomic E-state index is -0.859. The summed E-state index contributed by atoms with van der Waals surface area (Å²) in [6.45, 7) is 3.62. The second kappa shape index (κ2) is 11.9. The lowest BCUT2D eigenvalue weighted by Crippen LogP contribution is -2.51. The van der Waals surface area contributed by atoms with Crippen LogP contribution in [-0.4, -0.2) is 58.0 Å². The third kappa shape index (κ3) is 6.85. The minimum Gasteiger partial charge on any atom is -0.481 e. The van der Waals surface area contributed by atoms with Crippen molar-refractivity contribution in [1.82, 2.24) is 9.88 Å². The Morgan fingerprint density at radius 2 is 1.90 bits per heavy atom. The standard InChI is InChI=1S/C21H33N3O4S2/c1-2-28-13-15-8-10-17(11-9-15)24(16-6-4-3-5-7-16)21(27)23-20-22-12-19(30-20)29-14-18(25)26/h12,15-17H,2-11,13-14H2,1H3,(H,25,26)(H,22,23,27). The normalized spacial score (nSPS) is 22.6. The molecule has 2 aliphatic rings. The average molecular weight is 456 g/mol. The average Bonchev–Trinajstić information content (AvgIpc) is 3.20. The summed E-state index contributed by atoms with van der Waals surface area (Å²) < 4.78 is 6.41. The molecule has 0 saturated heterocycles. The fourth-order valence-electron chi connectivity index (χ4n) is 4.54. The van der Waals surface area contributed by atoms with Crippen LogP contribution in [0.3, 0.4) is 0 Å². The molecule has 2 fully saturated rings. The van der Waals surface area contributed by atoms with E-state index in [4.69, 9.17) is 9.84 Å². The number of rotatable bonds is 9. The molecule has 0 unspecified atom stereocenters. The van der Waals surface area contributed by atoms with Crippen molar-refractivity contribution in [2.24, 2.45) is 5.92 Å². The summed E-state index contributed by atoms with van der Waals surface area (Å²) in [7, 11) is 0. The lowest BCUT2D eigenvalue weighted by molar-refractivity contribution is -0.133.